The monoisotopic (exact) mass is 326 g/mol. The molecule has 1 aromatic carbocycles. The van der Waals surface area contributed by atoms with E-state index in [4.69, 9.17) is 4.74 Å². The maximum Gasteiger partial charge on any atom is 0.0593 e. The van der Waals surface area contributed by atoms with Gasteiger partial charge in [0.15, 0.2) is 0 Å². The lowest BCUT2D eigenvalue weighted by Gasteiger charge is -2.17. The van der Waals surface area contributed by atoms with Crippen molar-refractivity contribution < 1.29 is 4.74 Å². The van der Waals surface area contributed by atoms with Crippen LogP contribution in [-0.4, -0.2) is 44.8 Å². The van der Waals surface area contributed by atoms with E-state index in [-0.39, 0.29) is 0 Å². The van der Waals surface area contributed by atoms with Gasteiger partial charge in [-0.25, -0.2) is 0 Å². The van der Waals surface area contributed by atoms with E-state index in [0.717, 1.165) is 48.9 Å². The molecule has 1 N–H and O–H groups in total. The SMILES string of the molecule is CN(CCNc1cccc(Br)c1)CCOCC1CC1. The Morgan fingerprint density at radius 3 is 2.95 bits per heavy atom. The third kappa shape index (κ3) is 6.41. The number of anilines is 1. The zero-order chi connectivity index (χ0) is 13.5. The van der Waals surface area contributed by atoms with E-state index in [2.05, 4.69) is 45.3 Å². The van der Waals surface area contributed by atoms with E-state index < -0.39 is 0 Å². The van der Waals surface area contributed by atoms with Crippen LogP contribution < -0.4 is 5.32 Å². The summed E-state index contributed by atoms with van der Waals surface area (Å²) in [6.45, 7) is 4.80. The Kier molecular flexibility index (Phi) is 6.14. The molecule has 3 nitrogen and oxygen atoms in total. The molecule has 0 spiro atoms. The van der Waals surface area contributed by atoms with Gasteiger partial charge in [0.2, 0.25) is 0 Å². The molecule has 106 valence electrons. The first-order chi connectivity index (χ1) is 9.24. The Bertz CT molecular complexity index is 382. The molecule has 0 atom stereocenters. The van der Waals surface area contributed by atoms with Crippen molar-refractivity contribution in [2.75, 3.05) is 45.2 Å². The highest BCUT2D eigenvalue weighted by Crippen LogP contribution is 2.28. The Morgan fingerprint density at radius 1 is 1.37 bits per heavy atom. The van der Waals surface area contributed by atoms with Crippen molar-refractivity contribution in [2.45, 2.75) is 12.8 Å². The number of halogens is 1. The summed E-state index contributed by atoms with van der Waals surface area (Å²) < 4.78 is 6.75. The molecule has 0 bridgehead atoms. The molecule has 1 fully saturated rings. The van der Waals surface area contributed by atoms with Crippen molar-refractivity contribution in [3.63, 3.8) is 0 Å². The Labute approximate surface area is 124 Å². The van der Waals surface area contributed by atoms with Gasteiger partial charge in [-0.3, -0.25) is 0 Å². The number of benzene rings is 1. The van der Waals surface area contributed by atoms with Gasteiger partial charge < -0.3 is 15.0 Å². The quantitative estimate of drug-likeness (QED) is 0.705. The fraction of sp³-hybridized carbons (Fsp3) is 0.600. The summed E-state index contributed by atoms with van der Waals surface area (Å²) in [6.07, 6.45) is 2.73. The summed E-state index contributed by atoms with van der Waals surface area (Å²) in [4.78, 5) is 2.30. The van der Waals surface area contributed by atoms with E-state index in [1.165, 1.54) is 12.8 Å². The first-order valence-electron chi connectivity index (χ1n) is 7.00. The maximum absolute atomic E-state index is 5.64. The molecular weight excluding hydrogens is 304 g/mol. The Hall–Kier alpha value is -0.580. The predicted molar refractivity (Wildman–Crippen MR) is 83.7 cm³/mol. The molecule has 0 amide bonds. The zero-order valence-corrected chi connectivity index (χ0v) is 13.2. The van der Waals surface area contributed by atoms with Crippen LogP contribution >= 0.6 is 15.9 Å². The molecule has 1 saturated carbocycles. The lowest BCUT2D eigenvalue weighted by atomic mass is 10.3. The molecule has 0 heterocycles. The fourth-order valence-corrected chi connectivity index (χ4v) is 2.26. The maximum atomic E-state index is 5.64. The molecule has 1 aromatic rings. The summed E-state index contributed by atoms with van der Waals surface area (Å²) in [5.41, 5.74) is 1.16. The summed E-state index contributed by atoms with van der Waals surface area (Å²) >= 11 is 3.47. The molecule has 1 aliphatic carbocycles. The van der Waals surface area contributed by atoms with E-state index in [1.54, 1.807) is 0 Å². The molecule has 0 unspecified atom stereocenters. The lowest BCUT2D eigenvalue weighted by Crippen LogP contribution is -2.28. The first kappa shape index (κ1) is 14.8. The molecular formula is C15H23BrN2O. The molecule has 2 rings (SSSR count). The molecule has 0 saturated heterocycles. The van der Waals surface area contributed by atoms with E-state index >= 15 is 0 Å². The Balaban J connectivity index is 1.51. The minimum Gasteiger partial charge on any atom is -0.384 e. The highest BCUT2D eigenvalue weighted by molar-refractivity contribution is 9.10. The lowest BCUT2D eigenvalue weighted by molar-refractivity contribution is 0.104. The topological polar surface area (TPSA) is 24.5 Å². The van der Waals surface area contributed by atoms with Gasteiger partial charge in [-0.15, -0.1) is 0 Å². The second-order valence-corrected chi connectivity index (χ2v) is 6.17. The van der Waals surface area contributed by atoms with E-state index in [0.29, 0.717) is 0 Å². The highest BCUT2D eigenvalue weighted by atomic mass is 79.9. The standard InChI is InChI=1S/C15H23BrN2O/c1-18(9-10-19-12-13-5-6-13)8-7-17-15-4-2-3-14(16)11-15/h2-4,11,13,17H,5-10,12H2,1H3. The second kappa shape index (κ2) is 7.88. The van der Waals surface area contributed by atoms with Crippen molar-refractivity contribution in [2.24, 2.45) is 5.92 Å². The van der Waals surface area contributed by atoms with Crippen LogP contribution in [0.5, 0.6) is 0 Å². The van der Waals surface area contributed by atoms with E-state index in [9.17, 15) is 0 Å². The van der Waals surface area contributed by atoms with Gasteiger partial charge in [0, 0.05) is 36.4 Å². The van der Waals surface area contributed by atoms with Gasteiger partial charge in [0.1, 0.15) is 0 Å². The van der Waals surface area contributed by atoms with Crippen molar-refractivity contribution in [3.05, 3.63) is 28.7 Å². The minimum absolute atomic E-state index is 0.851. The second-order valence-electron chi connectivity index (χ2n) is 5.26. The number of hydrogen-bond donors (Lipinski definition) is 1. The molecule has 0 aliphatic heterocycles. The van der Waals surface area contributed by atoms with E-state index in [1.807, 2.05) is 12.1 Å². The van der Waals surface area contributed by atoms with Gasteiger partial charge >= 0.3 is 0 Å². The number of hydrogen-bond acceptors (Lipinski definition) is 3. The first-order valence-corrected chi connectivity index (χ1v) is 7.79. The van der Waals surface area contributed by atoms with Crippen LogP contribution in [0, 0.1) is 5.92 Å². The molecule has 4 heteroatoms. The van der Waals surface area contributed by atoms with Crippen molar-refractivity contribution in [1.82, 2.24) is 4.90 Å². The average Bonchev–Trinajstić information content (AvgIpc) is 3.19. The molecule has 19 heavy (non-hydrogen) atoms. The van der Waals surface area contributed by atoms with Gasteiger partial charge in [-0.05, 0) is 44.0 Å². The smallest absolute Gasteiger partial charge is 0.0593 e. The summed E-state index contributed by atoms with van der Waals surface area (Å²) in [5.74, 6) is 0.864. The van der Waals surface area contributed by atoms with Gasteiger partial charge in [0.05, 0.1) is 6.61 Å². The number of likely N-dealkylation sites (N-methyl/N-ethyl adjacent to an activating group) is 1. The molecule has 0 radical (unpaired) electrons. The molecule has 0 aromatic heterocycles. The van der Waals surface area contributed by atoms with Gasteiger partial charge in [-0.2, -0.15) is 0 Å². The number of rotatable bonds is 9. The summed E-state index contributed by atoms with van der Waals surface area (Å²) in [5, 5.41) is 3.42. The number of nitrogens with zero attached hydrogens (tertiary/aromatic N) is 1. The normalized spacial score (nSPS) is 14.9. The van der Waals surface area contributed by atoms with Crippen LogP contribution in [0.15, 0.2) is 28.7 Å². The average molecular weight is 327 g/mol. The highest BCUT2D eigenvalue weighted by Gasteiger charge is 2.20. The summed E-state index contributed by atoms with van der Waals surface area (Å²) in [6, 6.07) is 8.26. The van der Waals surface area contributed by atoms with Crippen LogP contribution in [0.4, 0.5) is 5.69 Å². The summed E-state index contributed by atoms with van der Waals surface area (Å²) in [7, 11) is 2.14. The third-order valence-electron chi connectivity index (χ3n) is 3.32. The van der Waals surface area contributed by atoms with Crippen LogP contribution in [0.3, 0.4) is 0 Å². The van der Waals surface area contributed by atoms with Crippen molar-refractivity contribution in [1.29, 1.82) is 0 Å². The van der Waals surface area contributed by atoms with Crippen LogP contribution in [0.1, 0.15) is 12.8 Å². The van der Waals surface area contributed by atoms with Crippen LogP contribution in [-0.2, 0) is 4.74 Å². The van der Waals surface area contributed by atoms with Crippen LogP contribution in [0.25, 0.3) is 0 Å². The molecule has 1 aliphatic rings. The largest absolute Gasteiger partial charge is 0.384 e. The Morgan fingerprint density at radius 2 is 2.21 bits per heavy atom. The predicted octanol–water partition coefficient (Wildman–Crippen LogP) is 3.22. The number of ether oxygens (including phenoxy) is 1. The van der Waals surface area contributed by atoms with Gasteiger partial charge in [0.25, 0.3) is 0 Å². The third-order valence-corrected chi connectivity index (χ3v) is 3.81. The van der Waals surface area contributed by atoms with Crippen molar-refractivity contribution >= 4 is 21.6 Å². The zero-order valence-electron chi connectivity index (χ0n) is 11.6. The van der Waals surface area contributed by atoms with Gasteiger partial charge in [-0.1, -0.05) is 22.0 Å². The van der Waals surface area contributed by atoms with Crippen LogP contribution in [0.2, 0.25) is 0 Å². The fourth-order valence-electron chi connectivity index (χ4n) is 1.86. The minimum atomic E-state index is 0.851. The number of nitrogens with one attached hydrogen (secondary N) is 1. The van der Waals surface area contributed by atoms with Crippen molar-refractivity contribution in [3.8, 4) is 0 Å².